The van der Waals surface area contributed by atoms with E-state index in [-0.39, 0.29) is 5.91 Å². The fourth-order valence-corrected chi connectivity index (χ4v) is 2.82. The van der Waals surface area contributed by atoms with E-state index >= 15 is 0 Å². The minimum atomic E-state index is 0.287. The van der Waals surface area contributed by atoms with E-state index in [1.54, 1.807) is 0 Å². The molecule has 1 heterocycles. The van der Waals surface area contributed by atoms with Crippen LogP contribution in [0.25, 0.3) is 0 Å². The lowest BCUT2D eigenvalue weighted by Gasteiger charge is -2.33. The van der Waals surface area contributed by atoms with Gasteiger partial charge in [-0.25, -0.2) is 0 Å². The summed E-state index contributed by atoms with van der Waals surface area (Å²) in [6.45, 7) is 6.65. The predicted molar refractivity (Wildman–Crippen MR) is 87.1 cm³/mol. The first kappa shape index (κ1) is 16.5. The Morgan fingerprint density at radius 2 is 2.14 bits per heavy atom. The van der Waals surface area contributed by atoms with Crippen LogP contribution in [-0.4, -0.2) is 29.9 Å². The molecule has 1 N–H and O–H groups in total. The summed E-state index contributed by atoms with van der Waals surface area (Å²) in [5.74, 6) is 0.714. The van der Waals surface area contributed by atoms with Crippen molar-refractivity contribution in [3.8, 4) is 6.07 Å². The number of nitrogens with zero attached hydrogens (tertiary/aromatic N) is 2. The first-order valence-corrected chi connectivity index (χ1v) is 8.08. The molecule has 4 nitrogen and oxygen atoms in total. The third-order valence-electron chi connectivity index (χ3n) is 4.08. The molecule has 0 unspecified atom stereocenters. The van der Waals surface area contributed by atoms with E-state index in [1.165, 1.54) is 0 Å². The molecule has 0 aromatic heterocycles. The quantitative estimate of drug-likeness (QED) is 0.909. The van der Waals surface area contributed by atoms with Crippen molar-refractivity contribution >= 4 is 5.91 Å². The number of carbonyl (C=O) groups is 1. The summed E-state index contributed by atoms with van der Waals surface area (Å²) in [5, 5.41) is 12.5. The van der Waals surface area contributed by atoms with Gasteiger partial charge in [-0.05, 0) is 36.5 Å². The summed E-state index contributed by atoms with van der Waals surface area (Å²) < 4.78 is 0. The molecule has 0 radical (unpaired) electrons. The first-order valence-electron chi connectivity index (χ1n) is 8.08. The van der Waals surface area contributed by atoms with Crippen molar-refractivity contribution in [2.75, 3.05) is 13.1 Å². The van der Waals surface area contributed by atoms with Crippen LogP contribution in [0, 0.1) is 17.2 Å². The Balaban J connectivity index is 1.75. The Morgan fingerprint density at radius 1 is 1.41 bits per heavy atom. The third kappa shape index (κ3) is 4.85. The minimum Gasteiger partial charge on any atom is -0.343 e. The van der Waals surface area contributed by atoms with Gasteiger partial charge in [-0.15, -0.1) is 0 Å². The maximum atomic E-state index is 12.0. The number of piperidine rings is 1. The molecular weight excluding hydrogens is 274 g/mol. The molecule has 0 spiro atoms. The van der Waals surface area contributed by atoms with Crippen molar-refractivity contribution < 1.29 is 4.79 Å². The highest BCUT2D eigenvalue weighted by molar-refractivity contribution is 5.76. The Morgan fingerprint density at radius 3 is 2.77 bits per heavy atom. The first-order chi connectivity index (χ1) is 10.6. The lowest BCUT2D eigenvalue weighted by molar-refractivity contribution is -0.133. The molecule has 1 saturated heterocycles. The minimum absolute atomic E-state index is 0.287. The van der Waals surface area contributed by atoms with Gasteiger partial charge in [0.25, 0.3) is 0 Å². The number of hydrogen-bond acceptors (Lipinski definition) is 3. The number of benzene rings is 1. The van der Waals surface area contributed by atoms with Gasteiger partial charge < -0.3 is 10.2 Å². The van der Waals surface area contributed by atoms with Crippen LogP contribution in [0.2, 0.25) is 0 Å². The van der Waals surface area contributed by atoms with Crippen molar-refractivity contribution in [3.05, 3.63) is 35.4 Å². The number of carbonyl (C=O) groups excluding carboxylic acids is 1. The zero-order chi connectivity index (χ0) is 15.9. The average molecular weight is 299 g/mol. The van der Waals surface area contributed by atoms with E-state index in [0.29, 0.717) is 23.9 Å². The highest BCUT2D eigenvalue weighted by Gasteiger charge is 2.22. The van der Waals surface area contributed by atoms with Crippen molar-refractivity contribution in [3.63, 3.8) is 0 Å². The second kappa shape index (κ2) is 7.95. The van der Waals surface area contributed by atoms with Crippen LogP contribution in [0.4, 0.5) is 0 Å². The van der Waals surface area contributed by atoms with Gasteiger partial charge in [-0.2, -0.15) is 5.26 Å². The topological polar surface area (TPSA) is 56.1 Å². The number of likely N-dealkylation sites (tertiary alicyclic amines) is 1. The zero-order valence-electron chi connectivity index (χ0n) is 13.5. The molecule has 22 heavy (non-hydrogen) atoms. The standard InChI is InChI=1S/C18H25N3O/c1-14(2)10-18(22)21-8-6-17(7-9-21)20-13-16-5-3-4-15(11-16)12-19/h3-5,11,14,17,20H,6-10,13H2,1-2H3. The SMILES string of the molecule is CC(C)CC(=O)N1CCC(NCc2cccc(C#N)c2)CC1. The van der Waals surface area contributed by atoms with Gasteiger partial charge in [0.2, 0.25) is 5.91 Å². The molecule has 1 fully saturated rings. The number of rotatable bonds is 5. The summed E-state index contributed by atoms with van der Waals surface area (Å²) in [5.41, 5.74) is 1.84. The summed E-state index contributed by atoms with van der Waals surface area (Å²) >= 11 is 0. The Bertz CT molecular complexity index is 540. The molecule has 4 heteroatoms. The highest BCUT2D eigenvalue weighted by Crippen LogP contribution is 2.14. The third-order valence-corrected chi connectivity index (χ3v) is 4.08. The summed E-state index contributed by atoms with van der Waals surface area (Å²) in [7, 11) is 0. The molecule has 0 bridgehead atoms. The number of amides is 1. The van der Waals surface area contributed by atoms with Crippen LogP contribution >= 0.6 is 0 Å². The molecule has 1 aliphatic heterocycles. The van der Waals surface area contributed by atoms with Crippen LogP contribution in [0.3, 0.4) is 0 Å². The lowest BCUT2D eigenvalue weighted by Crippen LogP contribution is -2.44. The van der Waals surface area contributed by atoms with Crippen molar-refractivity contribution in [2.45, 2.75) is 45.7 Å². The Hall–Kier alpha value is -1.86. The molecule has 1 amide bonds. The Labute approximate surface area is 133 Å². The predicted octanol–water partition coefficient (Wildman–Crippen LogP) is 2.68. The van der Waals surface area contributed by atoms with Gasteiger partial charge in [0.1, 0.15) is 0 Å². The second-order valence-corrected chi connectivity index (χ2v) is 6.45. The average Bonchev–Trinajstić information content (AvgIpc) is 2.53. The molecule has 1 aromatic rings. The molecule has 0 atom stereocenters. The monoisotopic (exact) mass is 299 g/mol. The Kier molecular flexibility index (Phi) is 5.97. The zero-order valence-corrected chi connectivity index (χ0v) is 13.5. The largest absolute Gasteiger partial charge is 0.343 e. The normalized spacial score (nSPS) is 15.8. The lowest BCUT2D eigenvalue weighted by atomic mass is 10.0. The van der Waals surface area contributed by atoms with Gasteiger partial charge in [0, 0.05) is 32.1 Å². The maximum absolute atomic E-state index is 12.0. The van der Waals surface area contributed by atoms with Crippen molar-refractivity contribution in [1.82, 2.24) is 10.2 Å². The van der Waals surface area contributed by atoms with Crippen molar-refractivity contribution in [1.29, 1.82) is 5.26 Å². The fourth-order valence-electron chi connectivity index (χ4n) is 2.82. The molecule has 0 aliphatic carbocycles. The molecular formula is C18H25N3O. The number of hydrogen-bond donors (Lipinski definition) is 1. The number of nitrogens with one attached hydrogen (secondary N) is 1. The number of nitriles is 1. The summed E-state index contributed by atoms with van der Waals surface area (Å²) in [6.07, 6.45) is 2.66. The van der Waals surface area contributed by atoms with Crippen LogP contribution in [0.5, 0.6) is 0 Å². The van der Waals surface area contributed by atoms with Crippen LogP contribution < -0.4 is 5.32 Å². The second-order valence-electron chi connectivity index (χ2n) is 6.45. The van der Waals surface area contributed by atoms with E-state index in [0.717, 1.165) is 38.0 Å². The van der Waals surface area contributed by atoms with Gasteiger partial charge in [0.05, 0.1) is 11.6 Å². The van der Waals surface area contributed by atoms with Crippen LogP contribution in [-0.2, 0) is 11.3 Å². The summed E-state index contributed by atoms with van der Waals surface area (Å²) in [4.78, 5) is 14.0. The summed E-state index contributed by atoms with van der Waals surface area (Å²) in [6, 6.07) is 10.3. The van der Waals surface area contributed by atoms with Gasteiger partial charge >= 0.3 is 0 Å². The molecule has 1 aromatic carbocycles. The molecule has 0 saturated carbocycles. The molecule has 118 valence electrons. The highest BCUT2D eigenvalue weighted by atomic mass is 16.2. The van der Waals surface area contributed by atoms with Crippen LogP contribution in [0.1, 0.15) is 44.2 Å². The van der Waals surface area contributed by atoms with Gasteiger partial charge in [-0.1, -0.05) is 26.0 Å². The van der Waals surface area contributed by atoms with Crippen molar-refractivity contribution in [2.24, 2.45) is 5.92 Å². The van der Waals surface area contributed by atoms with Gasteiger partial charge in [0.15, 0.2) is 0 Å². The maximum Gasteiger partial charge on any atom is 0.222 e. The molecule has 2 rings (SSSR count). The van der Waals surface area contributed by atoms with E-state index < -0.39 is 0 Å². The molecule has 1 aliphatic rings. The fraction of sp³-hybridized carbons (Fsp3) is 0.556. The smallest absolute Gasteiger partial charge is 0.222 e. The van der Waals surface area contributed by atoms with E-state index in [4.69, 9.17) is 5.26 Å². The van der Waals surface area contributed by atoms with E-state index in [2.05, 4.69) is 25.2 Å². The van der Waals surface area contributed by atoms with E-state index in [1.807, 2.05) is 29.2 Å². The van der Waals surface area contributed by atoms with Crippen LogP contribution in [0.15, 0.2) is 24.3 Å². The van der Waals surface area contributed by atoms with E-state index in [9.17, 15) is 4.79 Å². The van der Waals surface area contributed by atoms with Gasteiger partial charge in [-0.3, -0.25) is 4.79 Å².